The largest absolute Gasteiger partial charge is 0.502 e. The Morgan fingerprint density at radius 2 is 2.17 bits per heavy atom. The molecule has 0 atom stereocenters. The van der Waals surface area contributed by atoms with Crippen molar-refractivity contribution in [1.82, 2.24) is 0 Å². The lowest BCUT2D eigenvalue weighted by Crippen LogP contribution is -2.34. The Kier molecular flexibility index (Phi) is 2.98. The van der Waals surface area contributed by atoms with Gasteiger partial charge < -0.3 is 5.11 Å². The molecule has 66 valence electrons. The zero-order valence-corrected chi connectivity index (χ0v) is 8.48. The normalized spacial score (nSPS) is 10.2. The van der Waals surface area contributed by atoms with E-state index in [9.17, 15) is 5.11 Å². The van der Waals surface area contributed by atoms with E-state index in [1.165, 1.54) is 0 Å². The third-order valence-corrected chi connectivity index (χ3v) is 2.86. The monoisotopic (exact) mass is 184 g/mol. The highest BCUT2D eigenvalue weighted by Crippen LogP contribution is 2.23. The number of hydrogen-bond donors (Lipinski definition) is 1. The smallest absolute Gasteiger partial charge is 0.282 e. The van der Waals surface area contributed by atoms with Gasteiger partial charge in [0.15, 0.2) is 11.4 Å². The summed E-state index contributed by atoms with van der Waals surface area (Å²) in [7, 11) is 1.97. The number of hydrogen-bond acceptors (Lipinski definition) is 2. The van der Waals surface area contributed by atoms with Crippen molar-refractivity contribution in [3.8, 4) is 5.75 Å². The Balaban J connectivity index is 3.14. The van der Waals surface area contributed by atoms with Gasteiger partial charge in [0, 0.05) is 18.7 Å². The molecule has 2 nitrogen and oxygen atoms in total. The topological polar surface area (TPSA) is 24.1 Å². The average Bonchev–Trinajstić information content (AvgIpc) is 2.06. The standard InChI is InChI=1S/C9H13NOS/c1-4-12-9-8(11)6-5-7(2)10(9)3/h5-6H,4H2,1-3H3/p+1. The molecule has 0 aliphatic carbocycles. The van der Waals surface area contributed by atoms with Crippen molar-refractivity contribution in [3.05, 3.63) is 17.8 Å². The molecule has 1 rings (SSSR count). The van der Waals surface area contributed by atoms with Gasteiger partial charge in [-0.25, -0.2) is 0 Å². The SMILES string of the molecule is CCSc1c(O)ccc(C)[n+]1C. The predicted molar refractivity (Wildman–Crippen MR) is 50.4 cm³/mol. The van der Waals surface area contributed by atoms with E-state index in [4.69, 9.17) is 0 Å². The molecule has 0 unspecified atom stereocenters. The van der Waals surface area contributed by atoms with E-state index in [-0.39, 0.29) is 0 Å². The Hall–Kier alpha value is -0.700. The van der Waals surface area contributed by atoms with Crippen LogP contribution in [-0.2, 0) is 7.05 Å². The van der Waals surface area contributed by atoms with E-state index in [1.807, 2.05) is 24.6 Å². The third-order valence-electron chi connectivity index (χ3n) is 1.82. The second-order valence-corrected chi connectivity index (χ2v) is 3.91. The zero-order valence-electron chi connectivity index (χ0n) is 7.66. The van der Waals surface area contributed by atoms with Crippen LogP contribution in [-0.4, -0.2) is 10.9 Å². The van der Waals surface area contributed by atoms with Gasteiger partial charge >= 0.3 is 0 Å². The molecular weight excluding hydrogens is 170 g/mol. The van der Waals surface area contributed by atoms with Crippen LogP contribution in [0.15, 0.2) is 17.2 Å². The molecule has 0 radical (unpaired) electrons. The highest BCUT2D eigenvalue weighted by Gasteiger charge is 2.14. The zero-order chi connectivity index (χ0) is 9.14. The first-order chi connectivity index (χ1) is 5.66. The predicted octanol–water partition coefficient (Wildman–Crippen LogP) is 1.64. The number of nitrogens with zero attached hydrogens (tertiary/aromatic N) is 1. The van der Waals surface area contributed by atoms with E-state index in [2.05, 4.69) is 6.92 Å². The number of aromatic nitrogens is 1. The number of thioether (sulfide) groups is 1. The summed E-state index contributed by atoms with van der Waals surface area (Å²) >= 11 is 1.66. The molecule has 0 saturated carbocycles. The fraction of sp³-hybridized carbons (Fsp3) is 0.444. The molecule has 3 heteroatoms. The average molecular weight is 184 g/mol. The van der Waals surface area contributed by atoms with Gasteiger partial charge in [-0.05, 0) is 6.07 Å². The third kappa shape index (κ3) is 1.72. The van der Waals surface area contributed by atoms with E-state index >= 15 is 0 Å². The fourth-order valence-electron chi connectivity index (χ4n) is 1.02. The number of rotatable bonds is 2. The van der Waals surface area contributed by atoms with Crippen molar-refractivity contribution in [2.45, 2.75) is 18.9 Å². The van der Waals surface area contributed by atoms with Crippen LogP contribution in [0.4, 0.5) is 0 Å². The molecule has 0 amide bonds. The van der Waals surface area contributed by atoms with Gasteiger partial charge in [0.25, 0.3) is 5.03 Å². The summed E-state index contributed by atoms with van der Waals surface area (Å²) in [5.41, 5.74) is 1.16. The summed E-state index contributed by atoms with van der Waals surface area (Å²) in [6, 6.07) is 3.66. The molecule has 1 aromatic rings. The number of aromatic hydroxyl groups is 1. The van der Waals surface area contributed by atoms with Crippen molar-refractivity contribution in [2.75, 3.05) is 5.75 Å². The van der Waals surface area contributed by atoms with Crippen LogP contribution in [0.1, 0.15) is 12.6 Å². The molecule has 12 heavy (non-hydrogen) atoms. The quantitative estimate of drug-likeness (QED) is 0.558. The molecule has 0 aromatic carbocycles. The van der Waals surface area contributed by atoms with Gasteiger partial charge in [-0.1, -0.05) is 18.7 Å². The summed E-state index contributed by atoms with van der Waals surface area (Å²) in [6.45, 7) is 4.10. The van der Waals surface area contributed by atoms with E-state index in [1.54, 1.807) is 17.8 Å². The molecule has 0 bridgehead atoms. The van der Waals surface area contributed by atoms with Gasteiger partial charge in [0.1, 0.15) is 7.05 Å². The first-order valence-electron chi connectivity index (χ1n) is 3.98. The lowest BCUT2D eigenvalue weighted by atomic mass is 10.3. The lowest BCUT2D eigenvalue weighted by molar-refractivity contribution is -0.715. The van der Waals surface area contributed by atoms with Crippen LogP contribution in [0.5, 0.6) is 5.75 Å². The van der Waals surface area contributed by atoms with Gasteiger partial charge in [-0.15, -0.1) is 0 Å². The van der Waals surface area contributed by atoms with Crippen molar-refractivity contribution in [3.63, 3.8) is 0 Å². The van der Waals surface area contributed by atoms with Gasteiger partial charge in [-0.3, -0.25) is 0 Å². The Bertz CT molecular complexity index is 286. The highest BCUT2D eigenvalue weighted by molar-refractivity contribution is 7.99. The van der Waals surface area contributed by atoms with Crippen LogP contribution in [0.25, 0.3) is 0 Å². The maximum absolute atomic E-state index is 9.51. The maximum Gasteiger partial charge on any atom is 0.282 e. The van der Waals surface area contributed by atoms with Crippen LogP contribution < -0.4 is 4.57 Å². The van der Waals surface area contributed by atoms with Crippen molar-refractivity contribution in [1.29, 1.82) is 0 Å². The lowest BCUT2D eigenvalue weighted by Gasteiger charge is -2.01. The summed E-state index contributed by atoms with van der Waals surface area (Å²) < 4.78 is 2.00. The minimum atomic E-state index is 0.370. The van der Waals surface area contributed by atoms with Crippen LogP contribution in [0, 0.1) is 6.92 Å². The van der Waals surface area contributed by atoms with Crippen LogP contribution in [0.3, 0.4) is 0 Å². The Morgan fingerprint density at radius 1 is 1.50 bits per heavy atom. The fourth-order valence-corrected chi connectivity index (χ4v) is 1.85. The second kappa shape index (κ2) is 3.81. The van der Waals surface area contributed by atoms with E-state index in [0.717, 1.165) is 16.5 Å². The first kappa shape index (κ1) is 9.39. The summed E-state index contributed by atoms with van der Waals surface area (Å²) in [5, 5.41) is 10.4. The van der Waals surface area contributed by atoms with Crippen LogP contribution in [0.2, 0.25) is 0 Å². The number of pyridine rings is 1. The van der Waals surface area contributed by atoms with Gasteiger partial charge in [0.2, 0.25) is 0 Å². The van der Waals surface area contributed by atoms with E-state index in [0.29, 0.717) is 5.75 Å². The summed E-state index contributed by atoms with van der Waals surface area (Å²) in [4.78, 5) is 0. The second-order valence-electron chi connectivity index (χ2n) is 2.66. The minimum absolute atomic E-state index is 0.370. The molecule has 0 spiro atoms. The van der Waals surface area contributed by atoms with Crippen LogP contribution >= 0.6 is 11.8 Å². The summed E-state index contributed by atoms with van der Waals surface area (Å²) in [5.74, 6) is 1.35. The van der Waals surface area contributed by atoms with Crippen molar-refractivity contribution < 1.29 is 9.67 Å². The molecule has 0 fully saturated rings. The van der Waals surface area contributed by atoms with Gasteiger partial charge in [0.05, 0.1) is 0 Å². The first-order valence-corrected chi connectivity index (χ1v) is 4.96. The molecule has 0 aliphatic rings. The van der Waals surface area contributed by atoms with Crippen molar-refractivity contribution in [2.24, 2.45) is 7.05 Å². The number of aryl methyl sites for hydroxylation is 1. The highest BCUT2D eigenvalue weighted by atomic mass is 32.2. The minimum Gasteiger partial charge on any atom is -0.502 e. The summed E-state index contributed by atoms with van der Waals surface area (Å²) in [6.07, 6.45) is 0. The maximum atomic E-state index is 9.51. The Labute approximate surface area is 77.2 Å². The van der Waals surface area contributed by atoms with Crippen molar-refractivity contribution >= 4 is 11.8 Å². The molecule has 0 aliphatic heterocycles. The molecule has 1 aromatic heterocycles. The molecule has 1 heterocycles. The molecule has 1 N–H and O–H groups in total. The molecular formula is C9H14NOS+. The van der Waals surface area contributed by atoms with Gasteiger partial charge in [-0.2, -0.15) is 4.57 Å². The Morgan fingerprint density at radius 3 is 2.75 bits per heavy atom. The molecule has 0 saturated heterocycles. The van der Waals surface area contributed by atoms with E-state index < -0.39 is 0 Å².